The van der Waals surface area contributed by atoms with Crippen LogP contribution in [-0.2, 0) is 22.5 Å². The van der Waals surface area contributed by atoms with Crippen LogP contribution in [0.5, 0.6) is 0 Å². The Morgan fingerprint density at radius 2 is 2.00 bits per heavy atom. The fourth-order valence-electron chi connectivity index (χ4n) is 3.98. The van der Waals surface area contributed by atoms with Gasteiger partial charge in [-0.05, 0) is 41.8 Å². The van der Waals surface area contributed by atoms with Gasteiger partial charge in [-0.3, -0.25) is 14.8 Å². The van der Waals surface area contributed by atoms with Gasteiger partial charge in [-0.2, -0.15) is 5.10 Å². The molecule has 0 radical (unpaired) electrons. The third-order valence-corrected chi connectivity index (χ3v) is 5.60. The monoisotopic (exact) mass is 424 g/mol. The van der Waals surface area contributed by atoms with Gasteiger partial charge in [-0.1, -0.05) is 30.3 Å². The van der Waals surface area contributed by atoms with Crippen molar-refractivity contribution in [3.05, 3.63) is 58.7 Å². The van der Waals surface area contributed by atoms with Crippen molar-refractivity contribution in [2.75, 3.05) is 32.8 Å². The number of hydrogen-bond acceptors (Lipinski definition) is 7. The van der Waals surface area contributed by atoms with Crippen LogP contribution in [0.2, 0.25) is 0 Å². The summed E-state index contributed by atoms with van der Waals surface area (Å²) < 4.78 is 7.11. The maximum absolute atomic E-state index is 12.6. The van der Waals surface area contributed by atoms with Gasteiger partial charge in [0, 0.05) is 25.3 Å². The molecule has 0 bridgehead atoms. The highest BCUT2D eigenvalue weighted by atomic mass is 16.5. The van der Waals surface area contributed by atoms with Crippen LogP contribution in [0.1, 0.15) is 34.4 Å². The van der Waals surface area contributed by atoms with Crippen molar-refractivity contribution < 1.29 is 9.53 Å². The molecule has 1 aliphatic heterocycles. The van der Waals surface area contributed by atoms with E-state index in [1.54, 1.807) is 4.68 Å². The second-order valence-electron chi connectivity index (χ2n) is 7.67. The van der Waals surface area contributed by atoms with Crippen molar-refractivity contribution in [1.82, 2.24) is 40.6 Å². The SMILES string of the molecule is Cc1n[nH]c(C)c1CCNC(=O)Cn1nnnc1C(c1ccccc1)N1CCOCC1. The number of amides is 1. The molecule has 0 spiro atoms. The summed E-state index contributed by atoms with van der Waals surface area (Å²) >= 11 is 0. The van der Waals surface area contributed by atoms with E-state index in [9.17, 15) is 4.79 Å². The Morgan fingerprint density at radius 3 is 2.71 bits per heavy atom. The molecule has 31 heavy (non-hydrogen) atoms. The normalized spacial score (nSPS) is 15.7. The maximum Gasteiger partial charge on any atom is 0.241 e. The first kappa shape index (κ1) is 21.1. The average molecular weight is 425 g/mol. The second-order valence-corrected chi connectivity index (χ2v) is 7.67. The number of morpholine rings is 1. The van der Waals surface area contributed by atoms with Gasteiger partial charge in [0.25, 0.3) is 0 Å². The number of benzene rings is 1. The fraction of sp³-hybridized carbons (Fsp3) is 0.476. The minimum Gasteiger partial charge on any atom is -0.379 e. The van der Waals surface area contributed by atoms with Crippen molar-refractivity contribution in [2.45, 2.75) is 32.9 Å². The van der Waals surface area contributed by atoms with Gasteiger partial charge in [-0.25, -0.2) is 4.68 Å². The van der Waals surface area contributed by atoms with Crippen molar-refractivity contribution in [2.24, 2.45) is 0 Å². The summed E-state index contributed by atoms with van der Waals surface area (Å²) in [4.78, 5) is 14.9. The molecule has 1 amide bonds. The topological polar surface area (TPSA) is 114 Å². The molecule has 164 valence electrons. The van der Waals surface area contributed by atoms with Crippen LogP contribution >= 0.6 is 0 Å². The summed E-state index contributed by atoms with van der Waals surface area (Å²) in [5.74, 6) is 0.533. The van der Waals surface area contributed by atoms with Gasteiger partial charge in [-0.15, -0.1) is 5.10 Å². The third kappa shape index (κ3) is 4.97. The molecular weight excluding hydrogens is 396 g/mol. The molecule has 2 N–H and O–H groups in total. The standard InChI is InChI=1S/C21H28N8O2/c1-15-18(16(2)24-23-15)8-9-22-19(30)14-29-21(25-26-27-29)20(17-6-4-3-5-7-17)28-10-12-31-13-11-28/h3-7,20H,8-14H2,1-2H3,(H,22,30)(H,23,24). The Kier molecular flexibility index (Phi) is 6.68. The number of tetrazole rings is 1. The zero-order valence-corrected chi connectivity index (χ0v) is 17.9. The van der Waals surface area contributed by atoms with Crippen LogP contribution in [0.3, 0.4) is 0 Å². The van der Waals surface area contributed by atoms with Crippen molar-refractivity contribution in [1.29, 1.82) is 0 Å². The largest absolute Gasteiger partial charge is 0.379 e. The van der Waals surface area contributed by atoms with E-state index in [2.05, 4.69) is 48.1 Å². The van der Waals surface area contributed by atoms with Gasteiger partial charge in [0.15, 0.2) is 5.82 Å². The molecule has 0 aliphatic carbocycles. The lowest BCUT2D eigenvalue weighted by molar-refractivity contribution is -0.121. The Balaban J connectivity index is 1.45. The molecule has 10 heteroatoms. The number of ether oxygens (including phenoxy) is 1. The van der Waals surface area contributed by atoms with Crippen LogP contribution in [0.15, 0.2) is 30.3 Å². The lowest BCUT2D eigenvalue weighted by atomic mass is 10.0. The second kappa shape index (κ2) is 9.80. The molecule has 2 aromatic heterocycles. The highest BCUT2D eigenvalue weighted by molar-refractivity contribution is 5.75. The highest BCUT2D eigenvalue weighted by Crippen LogP contribution is 2.27. The fourth-order valence-corrected chi connectivity index (χ4v) is 3.98. The number of carbonyl (C=O) groups is 1. The van der Waals surface area contributed by atoms with E-state index in [0.717, 1.165) is 42.0 Å². The summed E-state index contributed by atoms with van der Waals surface area (Å²) in [6.45, 7) is 7.44. The van der Waals surface area contributed by atoms with Crippen LogP contribution < -0.4 is 5.32 Å². The average Bonchev–Trinajstić information content (AvgIpc) is 3.37. The molecule has 3 aromatic rings. The number of rotatable bonds is 8. The Labute approximate surface area is 181 Å². The van der Waals surface area contributed by atoms with Gasteiger partial charge in [0.2, 0.25) is 5.91 Å². The molecular formula is C21H28N8O2. The number of hydrogen-bond donors (Lipinski definition) is 2. The number of H-pyrrole nitrogens is 1. The lowest BCUT2D eigenvalue weighted by Crippen LogP contribution is -2.41. The zero-order chi connectivity index (χ0) is 21.6. The van der Waals surface area contributed by atoms with Gasteiger partial charge in [0.05, 0.1) is 24.9 Å². The molecule has 0 saturated carbocycles. The summed E-state index contributed by atoms with van der Waals surface area (Å²) in [5, 5.41) is 22.4. The smallest absolute Gasteiger partial charge is 0.241 e. The van der Waals surface area contributed by atoms with Gasteiger partial charge >= 0.3 is 0 Å². The summed E-state index contributed by atoms with van der Waals surface area (Å²) in [7, 11) is 0. The van der Waals surface area contributed by atoms with E-state index in [1.165, 1.54) is 0 Å². The van der Waals surface area contributed by atoms with Crippen molar-refractivity contribution in [3.63, 3.8) is 0 Å². The molecule has 1 aromatic carbocycles. The van der Waals surface area contributed by atoms with Gasteiger partial charge in [0.1, 0.15) is 6.54 Å². The summed E-state index contributed by atoms with van der Waals surface area (Å²) in [6, 6.07) is 9.99. The van der Waals surface area contributed by atoms with E-state index in [1.807, 2.05) is 32.0 Å². The zero-order valence-electron chi connectivity index (χ0n) is 17.9. The molecule has 1 fully saturated rings. The Bertz CT molecular complexity index is 974. The summed E-state index contributed by atoms with van der Waals surface area (Å²) in [5.41, 5.74) is 4.23. The van der Waals surface area contributed by atoms with Crippen LogP contribution in [0.25, 0.3) is 0 Å². The van der Waals surface area contributed by atoms with Gasteiger partial charge < -0.3 is 10.1 Å². The van der Waals surface area contributed by atoms with Crippen molar-refractivity contribution in [3.8, 4) is 0 Å². The Morgan fingerprint density at radius 1 is 1.23 bits per heavy atom. The number of aromatic amines is 1. The summed E-state index contributed by atoms with van der Waals surface area (Å²) in [6.07, 6.45) is 0.725. The first-order valence-corrected chi connectivity index (χ1v) is 10.5. The molecule has 1 aliphatic rings. The molecule has 10 nitrogen and oxygen atoms in total. The van der Waals surface area contributed by atoms with Crippen LogP contribution in [0.4, 0.5) is 0 Å². The van der Waals surface area contributed by atoms with E-state index in [4.69, 9.17) is 4.74 Å². The Hall–Kier alpha value is -3.11. The number of aromatic nitrogens is 6. The number of carbonyl (C=O) groups excluding carboxylic acids is 1. The molecule has 1 unspecified atom stereocenters. The first-order valence-electron chi connectivity index (χ1n) is 10.5. The number of aryl methyl sites for hydroxylation is 2. The van der Waals surface area contributed by atoms with E-state index >= 15 is 0 Å². The van der Waals surface area contributed by atoms with E-state index < -0.39 is 0 Å². The lowest BCUT2D eigenvalue weighted by Gasteiger charge is -2.33. The predicted molar refractivity (Wildman–Crippen MR) is 113 cm³/mol. The first-order chi connectivity index (χ1) is 15.1. The molecule has 4 rings (SSSR count). The maximum atomic E-state index is 12.6. The quantitative estimate of drug-likeness (QED) is 0.550. The highest BCUT2D eigenvalue weighted by Gasteiger charge is 2.29. The van der Waals surface area contributed by atoms with E-state index in [-0.39, 0.29) is 18.5 Å². The molecule has 1 atom stereocenters. The number of nitrogens with zero attached hydrogens (tertiary/aromatic N) is 6. The predicted octanol–water partition coefficient (Wildman–Crippen LogP) is 0.794. The molecule has 1 saturated heterocycles. The minimum absolute atomic E-state index is 0.0688. The third-order valence-electron chi connectivity index (χ3n) is 5.60. The number of nitrogens with one attached hydrogen (secondary N) is 2. The van der Waals surface area contributed by atoms with Crippen molar-refractivity contribution >= 4 is 5.91 Å². The minimum atomic E-state index is -0.135. The molecule has 3 heterocycles. The van der Waals surface area contributed by atoms with Crippen LogP contribution in [0, 0.1) is 13.8 Å². The van der Waals surface area contributed by atoms with Crippen LogP contribution in [-0.4, -0.2) is 74.1 Å². The van der Waals surface area contributed by atoms with E-state index in [0.29, 0.717) is 25.6 Å².